The minimum atomic E-state index is -0.468. The van der Waals surface area contributed by atoms with Crippen LogP contribution in [-0.2, 0) is 9.53 Å². The molecule has 1 amide bonds. The van der Waals surface area contributed by atoms with E-state index in [9.17, 15) is 9.59 Å². The van der Waals surface area contributed by atoms with Gasteiger partial charge in [-0.15, -0.1) is 0 Å². The van der Waals surface area contributed by atoms with E-state index in [1.807, 2.05) is 0 Å². The molecule has 0 radical (unpaired) electrons. The zero-order valence-electron chi connectivity index (χ0n) is 10.1. The third-order valence-electron chi connectivity index (χ3n) is 2.26. The first-order chi connectivity index (χ1) is 7.95. The third-order valence-corrected chi connectivity index (χ3v) is 2.26. The zero-order valence-corrected chi connectivity index (χ0v) is 10.1. The van der Waals surface area contributed by atoms with Gasteiger partial charge in [-0.3, -0.25) is 4.79 Å². The van der Waals surface area contributed by atoms with Gasteiger partial charge in [-0.2, -0.15) is 0 Å². The molecule has 1 rings (SSSR count). The SMILES string of the molecule is COC(=O)c1ccc(N)c(NC(=O)C(C)C)c1. The number of carbonyl (C=O) groups excluding carboxylic acids is 2. The van der Waals surface area contributed by atoms with E-state index < -0.39 is 5.97 Å². The molecular formula is C12H16N2O3. The monoisotopic (exact) mass is 236 g/mol. The third kappa shape index (κ3) is 3.21. The molecule has 0 saturated carbocycles. The number of amides is 1. The highest BCUT2D eigenvalue weighted by Crippen LogP contribution is 2.21. The molecule has 1 aromatic carbocycles. The molecule has 0 heterocycles. The summed E-state index contributed by atoms with van der Waals surface area (Å²) < 4.78 is 4.59. The number of nitrogens with one attached hydrogen (secondary N) is 1. The number of ether oxygens (including phenoxy) is 1. The summed E-state index contributed by atoms with van der Waals surface area (Å²) in [5.41, 5.74) is 6.89. The van der Waals surface area contributed by atoms with Gasteiger partial charge in [0.25, 0.3) is 0 Å². The van der Waals surface area contributed by atoms with Gasteiger partial charge in [0.1, 0.15) is 0 Å². The van der Waals surface area contributed by atoms with Crippen LogP contribution in [0.4, 0.5) is 11.4 Å². The van der Waals surface area contributed by atoms with E-state index in [4.69, 9.17) is 5.73 Å². The first kappa shape index (κ1) is 13.0. The van der Waals surface area contributed by atoms with E-state index >= 15 is 0 Å². The standard InChI is InChI=1S/C12H16N2O3/c1-7(2)11(15)14-10-6-8(12(16)17-3)4-5-9(10)13/h4-7H,13H2,1-3H3,(H,14,15). The topological polar surface area (TPSA) is 81.4 Å². The van der Waals surface area contributed by atoms with Gasteiger partial charge in [0, 0.05) is 5.92 Å². The summed E-state index contributed by atoms with van der Waals surface area (Å²) in [5, 5.41) is 2.66. The van der Waals surface area contributed by atoms with Gasteiger partial charge in [-0.25, -0.2) is 4.79 Å². The van der Waals surface area contributed by atoms with Gasteiger partial charge in [0.05, 0.1) is 24.0 Å². The smallest absolute Gasteiger partial charge is 0.337 e. The molecule has 0 atom stereocenters. The number of carbonyl (C=O) groups is 2. The number of rotatable bonds is 3. The van der Waals surface area contributed by atoms with Crippen molar-refractivity contribution >= 4 is 23.3 Å². The van der Waals surface area contributed by atoms with E-state index in [0.717, 1.165) is 0 Å². The molecule has 1 aromatic rings. The van der Waals surface area contributed by atoms with Crippen molar-refractivity contribution in [1.29, 1.82) is 0 Å². The van der Waals surface area contributed by atoms with Crippen molar-refractivity contribution in [3.05, 3.63) is 23.8 Å². The average molecular weight is 236 g/mol. The second-order valence-corrected chi connectivity index (χ2v) is 3.94. The number of anilines is 2. The van der Waals surface area contributed by atoms with E-state index in [0.29, 0.717) is 16.9 Å². The van der Waals surface area contributed by atoms with Crippen molar-refractivity contribution in [3.8, 4) is 0 Å². The molecule has 0 aliphatic rings. The summed E-state index contributed by atoms with van der Waals surface area (Å²) in [4.78, 5) is 22.9. The molecule has 0 aromatic heterocycles. The summed E-state index contributed by atoms with van der Waals surface area (Å²) in [6.45, 7) is 3.55. The summed E-state index contributed by atoms with van der Waals surface area (Å²) >= 11 is 0. The van der Waals surface area contributed by atoms with Crippen LogP contribution in [0, 0.1) is 5.92 Å². The molecule has 5 heteroatoms. The predicted octanol–water partition coefficient (Wildman–Crippen LogP) is 1.65. The highest BCUT2D eigenvalue weighted by atomic mass is 16.5. The minimum absolute atomic E-state index is 0.154. The fourth-order valence-corrected chi connectivity index (χ4v) is 1.19. The number of hydrogen-bond acceptors (Lipinski definition) is 4. The maximum absolute atomic E-state index is 11.5. The first-order valence-electron chi connectivity index (χ1n) is 5.24. The van der Waals surface area contributed by atoms with Gasteiger partial charge in [-0.1, -0.05) is 13.8 Å². The fourth-order valence-electron chi connectivity index (χ4n) is 1.19. The van der Waals surface area contributed by atoms with Gasteiger partial charge >= 0.3 is 5.97 Å². The molecule has 0 aliphatic heterocycles. The van der Waals surface area contributed by atoms with Gasteiger partial charge in [0.15, 0.2) is 0 Å². The maximum Gasteiger partial charge on any atom is 0.337 e. The van der Waals surface area contributed by atoms with E-state index in [1.54, 1.807) is 26.0 Å². The second-order valence-electron chi connectivity index (χ2n) is 3.94. The Morgan fingerprint density at radius 2 is 2.00 bits per heavy atom. The summed E-state index contributed by atoms with van der Waals surface area (Å²) in [6.07, 6.45) is 0. The number of esters is 1. The summed E-state index contributed by atoms with van der Waals surface area (Å²) in [7, 11) is 1.30. The summed E-state index contributed by atoms with van der Waals surface area (Å²) in [5.74, 6) is -0.778. The van der Waals surface area contributed by atoms with Crippen LogP contribution in [0.15, 0.2) is 18.2 Å². The van der Waals surface area contributed by atoms with Crippen LogP contribution < -0.4 is 11.1 Å². The number of nitrogen functional groups attached to an aromatic ring is 1. The highest BCUT2D eigenvalue weighted by Gasteiger charge is 2.12. The van der Waals surface area contributed by atoms with Crippen LogP contribution in [0.25, 0.3) is 0 Å². The van der Waals surface area contributed by atoms with Gasteiger partial charge in [-0.05, 0) is 18.2 Å². The van der Waals surface area contributed by atoms with Crippen LogP contribution in [0.3, 0.4) is 0 Å². The molecule has 92 valence electrons. The van der Waals surface area contributed by atoms with Crippen molar-refractivity contribution in [3.63, 3.8) is 0 Å². The molecule has 0 fully saturated rings. The van der Waals surface area contributed by atoms with Gasteiger partial charge < -0.3 is 15.8 Å². The van der Waals surface area contributed by atoms with Crippen molar-refractivity contribution in [1.82, 2.24) is 0 Å². The maximum atomic E-state index is 11.5. The number of benzene rings is 1. The van der Waals surface area contributed by atoms with Crippen LogP contribution in [0.5, 0.6) is 0 Å². The Hall–Kier alpha value is -2.04. The fraction of sp³-hybridized carbons (Fsp3) is 0.333. The molecule has 0 spiro atoms. The molecular weight excluding hydrogens is 220 g/mol. The normalized spacial score (nSPS) is 10.1. The van der Waals surface area contributed by atoms with Crippen LogP contribution in [0.2, 0.25) is 0 Å². The minimum Gasteiger partial charge on any atom is -0.465 e. The lowest BCUT2D eigenvalue weighted by Gasteiger charge is -2.11. The van der Waals surface area contributed by atoms with Crippen molar-refractivity contribution in [2.75, 3.05) is 18.2 Å². The molecule has 17 heavy (non-hydrogen) atoms. The predicted molar refractivity (Wildman–Crippen MR) is 65.7 cm³/mol. The first-order valence-corrected chi connectivity index (χ1v) is 5.24. The average Bonchev–Trinajstić information content (AvgIpc) is 2.30. The zero-order chi connectivity index (χ0) is 13.0. The lowest BCUT2D eigenvalue weighted by Crippen LogP contribution is -2.19. The lowest BCUT2D eigenvalue weighted by atomic mass is 10.1. The van der Waals surface area contributed by atoms with E-state index in [-0.39, 0.29) is 11.8 Å². The van der Waals surface area contributed by atoms with Crippen molar-refractivity contribution in [2.45, 2.75) is 13.8 Å². The van der Waals surface area contributed by atoms with E-state index in [1.165, 1.54) is 13.2 Å². The Balaban J connectivity index is 2.99. The molecule has 0 bridgehead atoms. The Morgan fingerprint density at radius 1 is 1.35 bits per heavy atom. The summed E-state index contributed by atoms with van der Waals surface area (Å²) in [6, 6.07) is 4.61. The second kappa shape index (κ2) is 5.34. The Labute approximate surface area is 99.9 Å². The number of nitrogens with two attached hydrogens (primary N) is 1. The molecule has 0 unspecified atom stereocenters. The number of hydrogen-bond donors (Lipinski definition) is 2. The van der Waals surface area contributed by atoms with Crippen LogP contribution in [0.1, 0.15) is 24.2 Å². The molecule has 5 nitrogen and oxygen atoms in total. The Bertz CT molecular complexity index is 441. The van der Waals surface area contributed by atoms with Crippen LogP contribution >= 0.6 is 0 Å². The van der Waals surface area contributed by atoms with Crippen molar-refractivity contribution in [2.24, 2.45) is 5.92 Å². The van der Waals surface area contributed by atoms with E-state index in [2.05, 4.69) is 10.1 Å². The highest BCUT2D eigenvalue weighted by molar-refractivity contribution is 5.98. The molecule has 3 N–H and O–H groups in total. The lowest BCUT2D eigenvalue weighted by molar-refractivity contribution is -0.118. The van der Waals surface area contributed by atoms with Gasteiger partial charge in [0.2, 0.25) is 5.91 Å². The Kier molecular flexibility index (Phi) is 4.09. The van der Waals surface area contributed by atoms with Crippen molar-refractivity contribution < 1.29 is 14.3 Å². The Morgan fingerprint density at radius 3 is 2.53 bits per heavy atom. The molecule has 0 aliphatic carbocycles. The van der Waals surface area contributed by atoms with Crippen LogP contribution in [-0.4, -0.2) is 19.0 Å². The molecule has 0 saturated heterocycles. The quantitative estimate of drug-likeness (QED) is 0.617. The largest absolute Gasteiger partial charge is 0.465 e. The number of methoxy groups -OCH3 is 1.